The second-order valence-electron chi connectivity index (χ2n) is 7.46. The number of carbonyl (C=O) groups excluding carboxylic acids is 1. The molecule has 1 N–H and O–H groups in total. The third-order valence-corrected chi connectivity index (χ3v) is 4.94. The van der Waals surface area contributed by atoms with Crippen LogP contribution in [0.25, 0.3) is 0 Å². The summed E-state index contributed by atoms with van der Waals surface area (Å²) in [4.78, 5) is 15.9. The molecule has 0 saturated carbocycles. The van der Waals surface area contributed by atoms with Crippen LogP contribution in [-0.2, 0) is 4.79 Å². The Hall–Kier alpha value is -1.38. The van der Waals surface area contributed by atoms with Crippen LogP contribution in [0, 0.1) is 0 Å². The fraction of sp³-hybridized carbons (Fsp3) is 0.739. The van der Waals surface area contributed by atoms with Gasteiger partial charge in [-0.1, -0.05) is 103 Å². The molecule has 0 aliphatic carbocycles. The zero-order valence-electron chi connectivity index (χ0n) is 17.0. The van der Waals surface area contributed by atoms with Crippen molar-refractivity contribution in [1.82, 2.24) is 4.98 Å². The fourth-order valence-electron chi connectivity index (χ4n) is 3.30. The predicted octanol–water partition coefficient (Wildman–Crippen LogP) is 7.28. The van der Waals surface area contributed by atoms with Gasteiger partial charge in [0.05, 0.1) is 0 Å². The van der Waals surface area contributed by atoms with E-state index in [-0.39, 0.29) is 5.91 Å². The molecule has 1 aromatic heterocycles. The monoisotopic (exact) mass is 360 g/mol. The van der Waals surface area contributed by atoms with Crippen molar-refractivity contribution in [2.75, 3.05) is 5.32 Å². The number of aromatic nitrogens is 1. The highest BCUT2D eigenvalue weighted by Gasteiger charge is 2.02. The van der Waals surface area contributed by atoms with Crippen LogP contribution < -0.4 is 5.32 Å². The first kappa shape index (κ1) is 22.7. The molecule has 0 aliphatic heterocycles. The molecule has 148 valence electrons. The number of unbranched alkanes of at least 4 members (excludes halogenated alkanes) is 14. The number of pyridine rings is 1. The molecule has 0 radical (unpaired) electrons. The van der Waals surface area contributed by atoms with Gasteiger partial charge in [0, 0.05) is 12.6 Å². The van der Waals surface area contributed by atoms with E-state index in [1.54, 1.807) is 6.20 Å². The van der Waals surface area contributed by atoms with Crippen LogP contribution in [0.3, 0.4) is 0 Å². The molecule has 0 fully saturated rings. The number of hydrogen-bond donors (Lipinski definition) is 1. The van der Waals surface area contributed by atoms with Crippen molar-refractivity contribution in [1.29, 1.82) is 0 Å². The van der Waals surface area contributed by atoms with Crippen LogP contribution in [0.5, 0.6) is 0 Å². The molecule has 1 heterocycles. The Morgan fingerprint density at radius 2 is 1.27 bits per heavy atom. The zero-order valence-corrected chi connectivity index (χ0v) is 17.0. The summed E-state index contributed by atoms with van der Waals surface area (Å²) in [5, 5.41) is 2.84. The van der Waals surface area contributed by atoms with Crippen LogP contribution >= 0.6 is 0 Å². The molecule has 0 aromatic carbocycles. The van der Waals surface area contributed by atoms with Gasteiger partial charge in [0.2, 0.25) is 5.91 Å². The fourth-order valence-corrected chi connectivity index (χ4v) is 3.30. The average molecular weight is 361 g/mol. The number of anilines is 1. The Bertz CT molecular complexity index is 433. The van der Waals surface area contributed by atoms with Crippen molar-refractivity contribution in [2.24, 2.45) is 0 Å². The summed E-state index contributed by atoms with van der Waals surface area (Å²) in [5.74, 6) is 0.733. The number of rotatable bonds is 17. The van der Waals surface area contributed by atoms with Crippen LogP contribution in [0.2, 0.25) is 0 Å². The topological polar surface area (TPSA) is 42.0 Å². The first-order chi connectivity index (χ1) is 12.8. The maximum absolute atomic E-state index is 11.8. The van der Waals surface area contributed by atoms with Gasteiger partial charge in [0.15, 0.2) is 0 Å². The van der Waals surface area contributed by atoms with Gasteiger partial charge in [0.25, 0.3) is 0 Å². The Morgan fingerprint density at radius 1 is 0.769 bits per heavy atom. The molecule has 0 unspecified atom stereocenters. The highest BCUT2D eigenvalue weighted by atomic mass is 16.1. The maximum atomic E-state index is 11.8. The second kappa shape index (κ2) is 17.1. The normalized spacial score (nSPS) is 10.8. The summed E-state index contributed by atoms with van der Waals surface area (Å²) >= 11 is 0. The van der Waals surface area contributed by atoms with Gasteiger partial charge in [-0.3, -0.25) is 4.79 Å². The van der Waals surface area contributed by atoms with Gasteiger partial charge in [-0.2, -0.15) is 0 Å². The predicted molar refractivity (Wildman–Crippen MR) is 112 cm³/mol. The van der Waals surface area contributed by atoms with E-state index in [9.17, 15) is 4.79 Å². The smallest absolute Gasteiger partial charge is 0.225 e. The summed E-state index contributed by atoms with van der Waals surface area (Å²) in [7, 11) is 0. The van der Waals surface area contributed by atoms with E-state index in [0.29, 0.717) is 12.2 Å². The van der Waals surface area contributed by atoms with Gasteiger partial charge in [-0.25, -0.2) is 4.98 Å². The maximum Gasteiger partial charge on any atom is 0.225 e. The van der Waals surface area contributed by atoms with Gasteiger partial charge in [0.1, 0.15) is 5.82 Å². The molecule has 1 rings (SSSR count). The Kier molecular flexibility index (Phi) is 14.9. The van der Waals surface area contributed by atoms with Crippen molar-refractivity contribution in [3.63, 3.8) is 0 Å². The molecule has 3 nitrogen and oxygen atoms in total. The summed E-state index contributed by atoms with van der Waals surface area (Å²) < 4.78 is 0. The molecular formula is C23H40N2O. The van der Waals surface area contributed by atoms with Crippen molar-refractivity contribution in [3.05, 3.63) is 24.4 Å². The quantitative estimate of drug-likeness (QED) is 0.296. The minimum atomic E-state index is 0.0818. The molecule has 0 saturated heterocycles. The van der Waals surface area contributed by atoms with E-state index < -0.39 is 0 Å². The van der Waals surface area contributed by atoms with E-state index in [2.05, 4.69) is 17.2 Å². The van der Waals surface area contributed by atoms with Gasteiger partial charge >= 0.3 is 0 Å². The van der Waals surface area contributed by atoms with Crippen molar-refractivity contribution in [2.45, 2.75) is 110 Å². The number of hydrogen-bond acceptors (Lipinski definition) is 2. The Balaban J connectivity index is 1.77. The van der Waals surface area contributed by atoms with Crippen molar-refractivity contribution >= 4 is 11.7 Å². The molecule has 1 aromatic rings. The molecular weight excluding hydrogens is 320 g/mol. The highest BCUT2D eigenvalue weighted by Crippen LogP contribution is 2.14. The van der Waals surface area contributed by atoms with Crippen LogP contribution in [0.15, 0.2) is 24.4 Å². The van der Waals surface area contributed by atoms with E-state index in [4.69, 9.17) is 0 Å². The van der Waals surface area contributed by atoms with Gasteiger partial charge < -0.3 is 5.32 Å². The first-order valence-corrected chi connectivity index (χ1v) is 11.0. The van der Waals surface area contributed by atoms with Gasteiger partial charge in [-0.05, 0) is 18.6 Å². The highest BCUT2D eigenvalue weighted by molar-refractivity contribution is 5.89. The minimum Gasteiger partial charge on any atom is -0.311 e. The van der Waals surface area contributed by atoms with E-state index in [1.165, 1.54) is 83.5 Å². The Labute approximate surface area is 161 Å². The third-order valence-electron chi connectivity index (χ3n) is 4.94. The summed E-state index contributed by atoms with van der Waals surface area (Å²) in [6.45, 7) is 2.28. The van der Waals surface area contributed by atoms with E-state index in [1.807, 2.05) is 18.2 Å². The zero-order chi connectivity index (χ0) is 18.7. The standard InChI is InChI=1S/C23H40N2O/c1-2-3-4-5-6-7-8-9-10-11-12-13-14-15-16-20-23(26)25-22-19-17-18-21-24-22/h17-19,21H,2-16,20H2,1H3,(H,24,25,26). The number of carbonyl (C=O) groups is 1. The van der Waals surface area contributed by atoms with Crippen molar-refractivity contribution < 1.29 is 4.79 Å². The van der Waals surface area contributed by atoms with Crippen LogP contribution in [0.4, 0.5) is 5.82 Å². The molecule has 1 amide bonds. The largest absolute Gasteiger partial charge is 0.311 e. The lowest BCUT2D eigenvalue weighted by Gasteiger charge is -2.04. The SMILES string of the molecule is CCCCCCCCCCCCCCCCCC(=O)Nc1ccccn1. The lowest BCUT2D eigenvalue weighted by atomic mass is 10.0. The lowest BCUT2D eigenvalue weighted by Crippen LogP contribution is -2.11. The average Bonchev–Trinajstić information content (AvgIpc) is 2.65. The Morgan fingerprint density at radius 3 is 1.73 bits per heavy atom. The number of amides is 1. The van der Waals surface area contributed by atoms with E-state index in [0.717, 1.165) is 12.8 Å². The summed E-state index contributed by atoms with van der Waals surface area (Å²) in [6.07, 6.45) is 22.5. The number of nitrogens with zero attached hydrogens (tertiary/aromatic N) is 1. The van der Waals surface area contributed by atoms with Crippen molar-refractivity contribution in [3.8, 4) is 0 Å². The first-order valence-electron chi connectivity index (χ1n) is 11.0. The minimum absolute atomic E-state index is 0.0818. The van der Waals surface area contributed by atoms with Crippen LogP contribution in [0.1, 0.15) is 110 Å². The molecule has 0 aliphatic rings. The second-order valence-corrected chi connectivity index (χ2v) is 7.46. The molecule has 0 bridgehead atoms. The molecule has 3 heteroatoms. The van der Waals surface area contributed by atoms with Gasteiger partial charge in [-0.15, -0.1) is 0 Å². The number of nitrogens with one attached hydrogen (secondary N) is 1. The molecule has 26 heavy (non-hydrogen) atoms. The summed E-state index contributed by atoms with van der Waals surface area (Å²) in [5.41, 5.74) is 0. The molecule has 0 atom stereocenters. The lowest BCUT2D eigenvalue weighted by molar-refractivity contribution is -0.116. The molecule has 0 spiro atoms. The van der Waals surface area contributed by atoms with E-state index >= 15 is 0 Å². The van der Waals surface area contributed by atoms with Crippen LogP contribution in [-0.4, -0.2) is 10.9 Å². The third kappa shape index (κ3) is 13.9. The summed E-state index contributed by atoms with van der Waals surface area (Å²) in [6, 6.07) is 5.56.